The van der Waals surface area contributed by atoms with Crippen LogP contribution in [0.25, 0.3) is 0 Å². The third-order valence-corrected chi connectivity index (χ3v) is 2.47. The van der Waals surface area contributed by atoms with Gasteiger partial charge in [-0.25, -0.2) is 4.79 Å². The van der Waals surface area contributed by atoms with Crippen LogP contribution in [-0.4, -0.2) is 17.3 Å². The molecule has 0 fully saturated rings. The van der Waals surface area contributed by atoms with Gasteiger partial charge < -0.3 is 5.11 Å². The molecule has 0 aliphatic rings. The van der Waals surface area contributed by atoms with Gasteiger partial charge in [0.05, 0.1) is 5.56 Å². The average Bonchev–Trinajstić information content (AvgIpc) is 2.08. The molecule has 1 aromatic rings. The van der Waals surface area contributed by atoms with Gasteiger partial charge in [-0.15, -0.1) is 0 Å². The fraction of sp³-hybridized carbons (Fsp3) is 0.300. The standard InChI is InChI=1S/C10H12O2S/c1-7-3-4-8(6-13-2)5-9(7)10(11)12/h3-5H,6H2,1-2H3,(H,11,12). The number of carbonyl (C=O) groups is 1. The maximum absolute atomic E-state index is 10.8. The lowest BCUT2D eigenvalue weighted by atomic mass is 10.1. The lowest BCUT2D eigenvalue weighted by Gasteiger charge is -2.03. The molecule has 0 atom stereocenters. The highest BCUT2D eigenvalue weighted by Crippen LogP contribution is 2.14. The van der Waals surface area contributed by atoms with Crippen molar-refractivity contribution < 1.29 is 9.90 Å². The molecule has 1 N–H and O–H groups in total. The molecule has 1 rings (SSSR count). The van der Waals surface area contributed by atoms with E-state index in [1.54, 1.807) is 17.8 Å². The van der Waals surface area contributed by atoms with Gasteiger partial charge in [0.1, 0.15) is 0 Å². The molecule has 0 saturated heterocycles. The number of aryl methyl sites for hydroxylation is 1. The Kier molecular flexibility index (Phi) is 3.37. The van der Waals surface area contributed by atoms with E-state index < -0.39 is 5.97 Å². The first-order chi connectivity index (χ1) is 6.15. The zero-order valence-electron chi connectivity index (χ0n) is 7.70. The molecule has 0 saturated carbocycles. The molecule has 0 unspecified atom stereocenters. The largest absolute Gasteiger partial charge is 0.478 e. The minimum absolute atomic E-state index is 0.409. The maximum Gasteiger partial charge on any atom is 0.335 e. The SMILES string of the molecule is CSCc1ccc(C)c(C(=O)O)c1. The Morgan fingerprint density at radius 3 is 2.77 bits per heavy atom. The summed E-state index contributed by atoms with van der Waals surface area (Å²) in [7, 11) is 0. The summed E-state index contributed by atoms with van der Waals surface area (Å²) in [5.74, 6) is 0.0149. The molecular weight excluding hydrogens is 184 g/mol. The highest BCUT2D eigenvalue weighted by molar-refractivity contribution is 7.97. The number of hydrogen-bond acceptors (Lipinski definition) is 2. The van der Waals surface area contributed by atoms with Gasteiger partial charge in [0.25, 0.3) is 0 Å². The van der Waals surface area contributed by atoms with Crippen LogP contribution in [0.5, 0.6) is 0 Å². The summed E-state index contributed by atoms with van der Waals surface area (Å²) >= 11 is 1.69. The van der Waals surface area contributed by atoms with Gasteiger partial charge in [-0.3, -0.25) is 0 Å². The third kappa shape index (κ3) is 2.49. The Hall–Kier alpha value is -0.960. The maximum atomic E-state index is 10.8. The van der Waals surface area contributed by atoms with Gasteiger partial charge in [-0.1, -0.05) is 12.1 Å². The smallest absolute Gasteiger partial charge is 0.335 e. The number of rotatable bonds is 3. The number of hydrogen-bond donors (Lipinski definition) is 1. The normalized spacial score (nSPS) is 10.0. The van der Waals surface area contributed by atoms with Crippen LogP contribution in [0, 0.1) is 6.92 Å². The minimum Gasteiger partial charge on any atom is -0.478 e. The van der Waals surface area contributed by atoms with E-state index >= 15 is 0 Å². The van der Waals surface area contributed by atoms with E-state index in [2.05, 4.69) is 0 Å². The molecular formula is C10H12O2S. The van der Waals surface area contributed by atoms with Gasteiger partial charge in [0, 0.05) is 5.75 Å². The zero-order chi connectivity index (χ0) is 9.84. The molecule has 0 radical (unpaired) electrons. The van der Waals surface area contributed by atoms with Crippen molar-refractivity contribution in [3.8, 4) is 0 Å². The summed E-state index contributed by atoms with van der Waals surface area (Å²) in [6.07, 6.45) is 2.00. The Morgan fingerprint density at radius 1 is 1.54 bits per heavy atom. The molecule has 3 heteroatoms. The molecule has 2 nitrogen and oxygen atoms in total. The van der Waals surface area contributed by atoms with Crippen LogP contribution >= 0.6 is 11.8 Å². The van der Waals surface area contributed by atoms with Crippen LogP contribution in [0.2, 0.25) is 0 Å². The Labute approximate surface area is 82.0 Å². The Bertz CT molecular complexity index is 321. The number of aromatic carboxylic acids is 1. The predicted octanol–water partition coefficient (Wildman–Crippen LogP) is 2.56. The van der Waals surface area contributed by atoms with Crippen molar-refractivity contribution in [2.75, 3.05) is 6.26 Å². The third-order valence-electron chi connectivity index (χ3n) is 1.84. The van der Waals surface area contributed by atoms with Crippen LogP contribution in [0.4, 0.5) is 0 Å². The first-order valence-corrected chi connectivity index (χ1v) is 5.36. The second kappa shape index (κ2) is 4.33. The number of benzene rings is 1. The fourth-order valence-corrected chi connectivity index (χ4v) is 1.67. The molecule has 1 aromatic carbocycles. The van der Waals surface area contributed by atoms with E-state index in [1.165, 1.54) is 0 Å². The molecule has 0 heterocycles. The lowest BCUT2D eigenvalue weighted by molar-refractivity contribution is 0.0696. The van der Waals surface area contributed by atoms with Gasteiger partial charge in [0.15, 0.2) is 0 Å². The summed E-state index contributed by atoms with van der Waals surface area (Å²) in [5, 5.41) is 8.85. The minimum atomic E-state index is -0.847. The van der Waals surface area contributed by atoms with Crippen LogP contribution < -0.4 is 0 Å². The second-order valence-corrected chi connectivity index (χ2v) is 3.75. The van der Waals surface area contributed by atoms with Crippen LogP contribution in [0.3, 0.4) is 0 Å². The highest BCUT2D eigenvalue weighted by Gasteiger charge is 2.06. The monoisotopic (exact) mass is 196 g/mol. The first-order valence-electron chi connectivity index (χ1n) is 3.97. The van der Waals surface area contributed by atoms with Crippen molar-refractivity contribution in [1.82, 2.24) is 0 Å². The summed E-state index contributed by atoms with van der Waals surface area (Å²) < 4.78 is 0. The Morgan fingerprint density at radius 2 is 2.23 bits per heavy atom. The average molecular weight is 196 g/mol. The van der Waals surface area contributed by atoms with E-state index in [0.717, 1.165) is 16.9 Å². The van der Waals surface area contributed by atoms with Gasteiger partial charge >= 0.3 is 5.97 Å². The van der Waals surface area contributed by atoms with Crippen LogP contribution in [0.1, 0.15) is 21.5 Å². The topological polar surface area (TPSA) is 37.3 Å². The van der Waals surface area contributed by atoms with E-state index in [0.29, 0.717) is 5.56 Å². The molecule has 70 valence electrons. The van der Waals surface area contributed by atoms with E-state index in [-0.39, 0.29) is 0 Å². The number of carboxylic acid groups (broad SMARTS) is 1. The summed E-state index contributed by atoms with van der Waals surface area (Å²) in [5.41, 5.74) is 2.29. The van der Waals surface area contributed by atoms with Crippen LogP contribution in [-0.2, 0) is 5.75 Å². The van der Waals surface area contributed by atoms with Gasteiger partial charge in [-0.2, -0.15) is 11.8 Å². The van der Waals surface area contributed by atoms with E-state index in [4.69, 9.17) is 5.11 Å². The summed E-state index contributed by atoms with van der Waals surface area (Å²) in [6.45, 7) is 1.81. The second-order valence-electron chi connectivity index (χ2n) is 2.89. The quantitative estimate of drug-likeness (QED) is 0.807. The van der Waals surface area contributed by atoms with E-state index in [9.17, 15) is 4.79 Å². The predicted molar refractivity (Wildman–Crippen MR) is 55.4 cm³/mol. The van der Waals surface area contributed by atoms with Crippen molar-refractivity contribution in [2.24, 2.45) is 0 Å². The fourth-order valence-electron chi connectivity index (χ4n) is 1.16. The van der Waals surface area contributed by atoms with E-state index in [1.807, 2.05) is 25.3 Å². The molecule has 0 aromatic heterocycles. The summed E-state index contributed by atoms with van der Waals surface area (Å²) in [4.78, 5) is 10.8. The Balaban J connectivity index is 3.04. The molecule has 0 bridgehead atoms. The van der Waals surface area contributed by atoms with Crippen molar-refractivity contribution >= 4 is 17.7 Å². The molecule has 0 amide bonds. The molecule has 0 spiro atoms. The van der Waals surface area contributed by atoms with Crippen molar-refractivity contribution in [3.63, 3.8) is 0 Å². The summed E-state index contributed by atoms with van der Waals surface area (Å²) in [6, 6.07) is 5.57. The number of thioether (sulfide) groups is 1. The molecule has 0 aliphatic carbocycles. The van der Waals surface area contributed by atoms with Crippen molar-refractivity contribution in [3.05, 3.63) is 34.9 Å². The highest BCUT2D eigenvalue weighted by atomic mass is 32.2. The lowest BCUT2D eigenvalue weighted by Crippen LogP contribution is -2.00. The van der Waals surface area contributed by atoms with Crippen LogP contribution in [0.15, 0.2) is 18.2 Å². The molecule has 13 heavy (non-hydrogen) atoms. The van der Waals surface area contributed by atoms with Gasteiger partial charge in [0.2, 0.25) is 0 Å². The number of carboxylic acids is 1. The van der Waals surface area contributed by atoms with Crippen molar-refractivity contribution in [1.29, 1.82) is 0 Å². The first kappa shape index (κ1) is 10.1. The zero-order valence-corrected chi connectivity index (χ0v) is 8.52. The van der Waals surface area contributed by atoms with Gasteiger partial charge in [-0.05, 0) is 30.4 Å². The molecule has 0 aliphatic heterocycles. The van der Waals surface area contributed by atoms with Crippen molar-refractivity contribution in [2.45, 2.75) is 12.7 Å².